The fraction of sp³-hybridized carbons (Fsp3) is 0.500. The van der Waals surface area contributed by atoms with Crippen molar-refractivity contribution in [2.45, 2.75) is 18.9 Å². The van der Waals surface area contributed by atoms with E-state index < -0.39 is 6.10 Å². The van der Waals surface area contributed by atoms with Crippen LogP contribution in [0, 0.1) is 0 Å². The maximum absolute atomic E-state index is 10.0. The third-order valence-electron chi connectivity index (χ3n) is 0.951. The number of aldehydes is 2. The normalized spacial score (nSPS) is 11.6. The van der Waals surface area contributed by atoms with Gasteiger partial charge in [-0.2, -0.15) is 0 Å². The predicted octanol–water partition coefficient (Wildman–Crippen LogP) is -0.294. The van der Waals surface area contributed by atoms with Crippen molar-refractivity contribution in [1.82, 2.24) is 0 Å². The van der Waals surface area contributed by atoms with Crippen LogP contribution in [0.15, 0.2) is 0 Å². The molecular weight excluding hydrogens is 136 g/mol. The Bertz CT molecular complexity index is 121. The highest BCUT2D eigenvalue weighted by molar-refractivity contribution is 5.60. The van der Waals surface area contributed by atoms with Crippen molar-refractivity contribution in [3.63, 3.8) is 0 Å². The molecule has 0 aliphatic carbocycles. The zero-order chi connectivity index (χ0) is 7.82. The molecule has 0 bridgehead atoms. The molecule has 1 atom stereocenters. The van der Waals surface area contributed by atoms with Crippen LogP contribution >= 0.6 is 0 Å². The van der Waals surface area contributed by atoms with E-state index in [0.717, 1.165) is 0 Å². The van der Waals surface area contributed by atoms with Gasteiger partial charge in [0.05, 0.1) is 0 Å². The molecule has 56 valence electrons. The Kier molecular flexibility index (Phi) is 5.23. The second-order valence-electron chi connectivity index (χ2n) is 1.65. The highest BCUT2D eigenvalue weighted by Gasteiger charge is 2.04. The van der Waals surface area contributed by atoms with E-state index in [9.17, 15) is 14.4 Å². The maximum atomic E-state index is 10.0. The summed E-state index contributed by atoms with van der Waals surface area (Å²) in [5, 5.41) is 0. The minimum atomic E-state index is -0.761. The molecule has 1 unspecified atom stereocenters. The van der Waals surface area contributed by atoms with Crippen LogP contribution in [0.25, 0.3) is 0 Å². The van der Waals surface area contributed by atoms with E-state index in [1.807, 2.05) is 0 Å². The first-order chi connectivity index (χ1) is 4.85. The van der Waals surface area contributed by atoms with Gasteiger partial charge in [-0.15, -0.1) is 0 Å². The molecule has 0 rings (SSSR count). The lowest BCUT2D eigenvalue weighted by molar-refractivity contribution is -0.139. The first kappa shape index (κ1) is 8.81. The zero-order valence-electron chi connectivity index (χ0n) is 5.36. The molecule has 0 fully saturated rings. The molecule has 0 aliphatic rings. The minimum Gasteiger partial charge on any atom is -0.457 e. The summed E-state index contributed by atoms with van der Waals surface area (Å²) in [6.07, 6.45) is 0.911. The molecule has 4 heteroatoms. The van der Waals surface area contributed by atoms with Gasteiger partial charge in [-0.05, 0) is 6.42 Å². The first-order valence-corrected chi connectivity index (χ1v) is 2.83. The van der Waals surface area contributed by atoms with Crippen molar-refractivity contribution < 1.29 is 19.1 Å². The Morgan fingerprint density at radius 3 is 2.40 bits per heavy atom. The van der Waals surface area contributed by atoms with Crippen LogP contribution < -0.4 is 0 Å². The van der Waals surface area contributed by atoms with Gasteiger partial charge in [-0.1, -0.05) is 0 Å². The third kappa shape index (κ3) is 3.77. The molecule has 0 amide bonds. The second kappa shape index (κ2) is 5.94. The summed E-state index contributed by atoms with van der Waals surface area (Å²) in [5.41, 5.74) is 0. The number of ether oxygens (including phenoxy) is 1. The van der Waals surface area contributed by atoms with Crippen molar-refractivity contribution in [2.24, 2.45) is 0 Å². The van der Waals surface area contributed by atoms with E-state index in [0.29, 0.717) is 12.6 Å². The molecule has 0 N–H and O–H groups in total. The summed E-state index contributed by atoms with van der Waals surface area (Å²) >= 11 is 0. The fourth-order valence-electron chi connectivity index (χ4n) is 0.472. The quantitative estimate of drug-likeness (QED) is 0.480. The molecule has 0 spiro atoms. The van der Waals surface area contributed by atoms with Gasteiger partial charge in [0.1, 0.15) is 6.29 Å². The van der Waals surface area contributed by atoms with Gasteiger partial charge in [-0.25, -0.2) is 0 Å². The Hall–Kier alpha value is -1.19. The monoisotopic (exact) mass is 144 g/mol. The van der Waals surface area contributed by atoms with Crippen molar-refractivity contribution in [2.75, 3.05) is 0 Å². The van der Waals surface area contributed by atoms with Gasteiger partial charge in [0.15, 0.2) is 12.4 Å². The van der Waals surface area contributed by atoms with E-state index in [2.05, 4.69) is 4.74 Å². The first-order valence-electron chi connectivity index (χ1n) is 2.83. The van der Waals surface area contributed by atoms with Gasteiger partial charge >= 0.3 is 0 Å². The fourth-order valence-corrected chi connectivity index (χ4v) is 0.472. The summed E-state index contributed by atoms with van der Waals surface area (Å²) in [4.78, 5) is 29.4. The average molecular weight is 144 g/mol. The zero-order valence-corrected chi connectivity index (χ0v) is 5.36. The Labute approximate surface area is 58.2 Å². The van der Waals surface area contributed by atoms with E-state index in [-0.39, 0.29) is 19.3 Å². The van der Waals surface area contributed by atoms with Gasteiger partial charge in [0.2, 0.25) is 0 Å². The maximum Gasteiger partial charge on any atom is 0.293 e. The summed E-state index contributed by atoms with van der Waals surface area (Å²) in [7, 11) is 0. The summed E-state index contributed by atoms with van der Waals surface area (Å²) in [6, 6.07) is 0. The number of carbonyl (C=O) groups is 3. The molecule has 0 aromatic carbocycles. The van der Waals surface area contributed by atoms with Gasteiger partial charge in [0.25, 0.3) is 6.47 Å². The summed E-state index contributed by atoms with van der Waals surface area (Å²) < 4.78 is 4.29. The molecule has 0 radical (unpaired) electrons. The number of rotatable bonds is 6. The molecule has 0 aliphatic heterocycles. The van der Waals surface area contributed by atoms with E-state index >= 15 is 0 Å². The van der Waals surface area contributed by atoms with Crippen LogP contribution in [-0.2, 0) is 19.1 Å². The lowest BCUT2D eigenvalue weighted by atomic mass is 10.2. The van der Waals surface area contributed by atoms with Gasteiger partial charge < -0.3 is 9.53 Å². The van der Waals surface area contributed by atoms with Crippen molar-refractivity contribution >= 4 is 19.0 Å². The second-order valence-corrected chi connectivity index (χ2v) is 1.65. The van der Waals surface area contributed by atoms with Crippen molar-refractivity contribution in [1.29, 1.82) is 0 Å². The molecule has 0 saturated heterocycles. The molecule has 0 aromatic heterocycles. The van der Waals surface area contributed by atoms with Crippen LogP contribution in [0.4, 0.5) is 0 Å². The van der Waals surface area contributed by atoms with Crippen LogP contribution in [0.5, 0.6) is 0 Å². The van der Waals surface area contributed by atoms with E-state index in [1.54, 1.807) is 0 Å². The molecule has 4 nitrogen and oxygen atoms in total. The lowest BCUT2D eigenvalue weighted by Gasteiger charge is -2.03. The standard InChI is InChI=1S/C6H8O4/c7-3-1-2-6(4-8)10-5-9/h3-6H,1-2H2. The topological polar surface area (TPSA) is 60.4 Å². The molecule has 0 saturated carbocycles. The van der Waals surface area contributed by atoms with Crippen LogP contribution in [-0.4, -0.2) is 25.1 Å². The highest BCUT2D eigenvalue weighted by Crippen LogP contribution is 1.95. The predicted molar refractivity (Wildman–Crippen MR) is 32.3 cm³/mol. The van der Waals surface area contributed by atoms with Crippen molar-refractivity contribution in [3.05, 3.63) is 0 Å². The van der Waals surface area contributed by atoms with E-state index in [1.165, 1.54) is 0 Å². The molecule has 0 aromatic rings. The van der Waals surface area contributed by atoms with Crippen LogP contribution in [0.3, 0.4) is 0 Å². The Morgan fingerprint density at radius 2 is 2.00 bits per heavy atom. The van der Waals surface area contributed by atoms with Crippen LogP contribution in [0.1, 0.15) is 12.8 Å². The van der Waals surface area contributed by atoms with Crippen molar-refractivity contribution in [3.8, 4) is 0 Å². The number of hydrogen-bond acceptors (Lipinski definition) is 4. The largest absolute Gasteiger partial charge is 0.457 e. The molecule has 10 heavy (non-hydrogen) atoms. The smallest absolute Gasteiger partial charge is 0.293 e. The summed E-state index contributed by atoms with van der Waals surface area (Å²) in [5.74, 6) is 0. The van der Waals surface area contributed by atoms with Crippen LogP contribution in [0.2, 0.25) is 0 Å². The van der Waals surface area contributed by atoms with E-state index in [4.69, 9.17) is 0 Å². The average Bonchev–Trinajstić information content (AvgIpc) is 1.98. The lowest BCUT2D eigenvalue weighted by Crippen LogP contribution is -2.13. The molecular formula is C6H8O4. The highest BCUT2D eigenvalue weighted by atomic mass is 16.5. The number of carbonyl (C=O) groups excluding carboxylic acids is 3. The minimum absolute atomic E-state index is 0.198. The van der Waals surface area contributed by atoms with Gasteiger partial charge in [-0.3, -0.25) is 9.59 Å². The summed E-state index contributed by atoms with van der Waals surface area (Å²) in [6.45, 7) is 0.198. The number of hydrogen-bond donors (Lipinski definition) is 0. The van der Waals surface area contributed by atoms with Gasteiger partial charge in [0, 0.05) is 6.42 Å². The molecule has 0 heterocycles. The Morgan fingerprint density at radius 1 is 1.30 bits per heavy atom. The Balaban J connectivity index is 3.47. The third-order valence-corrected chi connectivity index (χ3v) is 0.951. The SMILES string of the molecule is O=CCCC(C=O)OC=O.